The molecule has 1 amide bonds. The minimum absolute atomic E-state index is 0.132. The Labute approximate surface area is 165 Å². The molecule has 1 aliphatic rings. The van der Waals surface area contributed by atoms with Crippen LogP contribution in [-0.4, -0.2) is 35.6 Å². The van der Waals surface area contributed by atoms with Crippen LogP contribution in [0, 0.1) is 5.82 Å². The number of carbonyl (C=O) groups excluding carboxylic acids is 1. The number of benzene rings is 2. The van der Waals surface area contributed by atoms with E-state index < -0.39 is 22.7 Å². The summed E-state index contributed by atoms with van der Waals surface area (Å²) < 4.78 is 33.2. The summed E-state index contributed by atoms with van der Waals surface area (Å²) in [5, 5.41) is 0.132. The Hall–Kier alpha value is -2.12. The smallest absolute Gasteiger partial charge is 0.265 e. The van der Waals surface area contributed by atoms with Gasteiger partial charge in [0.15, 0.2) is 0 Å². The first-order chi connectivity index (χ1) is 13.0. The van der Waals surface area contributed by atoms with Crippen LogP contribution in [0.5, 0.6) is 5.75 Å². The second kappa shape index (κ2) is 8.71. The average Bonchev–Trinajstić information content (AvgIpc) is 3.10. The normalized spacial score (nSPS) is 17.6. The van der Waals surface area contributed by atoms with Gasteiger partial charge in [0.2, 0.25) is 0 Å². The highest BCUT2D eigenvalue weighted by Crippen LogP contribution is 2.30. The van der Waals surface area contributed by atoms with Gasteiger partial charge in [0.1, 0.15) is 29.2 Å². The number of amides is 1. The molecule has 2 atom stereocenters. The molecule has 0 aliphatic carbocycles. The summed E-state index contributed by atoms with van der Waals surface area (Å²) in [6, 6.07) is 12.5. The molecule has 0 bridgehead atoms. The van der Waals surface area contributed by atoms with Crippen LogP contribution >= 0.6 is 11.6 Å². The van der Waals surface area contributed by atoms with Crippen molar-refractivity contribution in [2.24, 2.45) is 0 Å². The molecule has 5 nitrogen and oxygen atoms in total. The first-order valence-corrected chi connectivity index (χ1v) is 10.5. The molecule has 1 aliphatic heterocycles. The molecule has 0 radical (unpaired) electrons. The highest BCUT2D eigenvalue weighted by Gasteiger charge is 2.26. The standard InChI is InChI=1S/C19H20ClFN2O3S/c1-27(25)22-19(24)15-10-16(20)18(11-17(15)21)26-12-14-8-5-9-23(14)13-6-3-2-4-7-13/h2-4,6-7,10-11,14H,5,8-9,12H2,1H3,(H,22,24). The highest BCUT2D eigenvalue weighted by atomic mass is 35.5. The van der Waals surface area contributed by atoms with E-state index in [0.29, 0.717) is 6.61 Å². The molecule has 27 heavy (non-hydrogen) atoms. The van der Waals surface area contributed by atoms with Crippen molar-refractivity contribution in [1.82, 2.24) is 4.72 Å². The number of anilines is 1. The summed E-state index contributed by atoms with van der Waals surface area (Å²) >= 11 is 6.16. The summed E-state index contributed by atoms with van der Waals surface area (Å²) in [5.74, 6) is -1.38. The van der Waals surface area contributed by atoms with Crippen LogP contribution in [0.3, 0.4) is 0 Å². The van der Waals surface area contributed by atoms with Crippen LogP contribution in [0.25, 0.3) is 0 Å². The van der Waals surface area contributed by atoms with E-state index in [1.165, 1.54) is 12.3 Å². The van der Waals surface area contributed by atoms with Gasteiger partial charge >= 0.3 is 0 Å². The molecule has 2 unspecified atom stereocenters. The number of hydrogen-bond donors (Lipinski definition) is 1. The van der Waals surface area contributed by atoms with Gasteiger partial charge in [-0.15, -0.1) is 0 Å². The number of carbonyl (C=O) groups is 1. The zero-order valence-corrected chi connectivity index (χ0v) is 16.4. The van der Waals surface area contributed by atoms with E-state index in [2.05, 4.69) is 21.8 Å². The Balaban J connectivity index is 1.70. The van der Waals surface area contributed by atoms with E-state index in [9.17, 15) is 13.4 Å². The van der Waals surface area contributed by atoms with E-state index in [1.54, 1.807) is 0 Å². The molecule has 0 spiro atoms. The van der Waals surface area contributed by atoms with Gasteiger partial charge in [-0.1, -0.05) is 29.8 Å². The number of halogens is 2. The number of ether oxygens (including phenoxy) is 1. The molecule has 8 heteroatoms. The van der Waals surface area contributed by atoms with Crippen molar-refractivity contribution in [3.8, 4) is 5.75 Å². The third kappa shape index (κ3) is 4.78. The highest BCUT2D eigenvalue weighted by molar-refractivity contribution is 7.82. The van der Waals surface area contributed by atoms with E-state index >= 15 is 0 Å². The monoisotopic (exact) mass is 410 g/mol. The number of rotatable bonds is 6. The zero-order valence-electron chi connectivity index (χ0n) is 14.8. The van der Waals surface area contributed by atoms with Crippen molar-refractivity contribution in [2.75, 3.05) is 24.3 Å². The van der Waals surface area contributed by atoms with Gasteiger partial charge in [-0.05, 0) is 31.0 Å². The SMILES string of the molecule is CS(=O)NC(=O)c1cc(Cl)c(OCC2CCCN2c2ccccc2)cc1F. The third-order valence-corrected chi connectivity index (χ3v) is 5.17. The Kier molecular flexibility index (Phi) is 6.34. The molecule has 3 rings (SSSR count). The summed E-state index contributed by atoms with van der Waals surface area (Å²) in [5.41, 5.74) is 0.856. The van der Waals surface area contributed by atoms with E-state index in [0.717, 1.165) is 31.1 Å². The maximum Gasteiger partial charge on any atom is 0.265 e. The Morgan fingerprint density at radius 1 is 1.37 bits per heavy atom. The first-order valence-electron chi connectivity index (χ1n) is 8.53. The van der Waals surface area contributed by atoms with E-state index in [1.807, 2.05) is 18.2 Å². The number of hydrogen-bond acceptors (Lipinski definition) is 4. The van der Waals surface area contributed by atoms with Crippen molar-refractivity contribution in [3.05, 3.63) is 58.9 Å². The van der Waals surface area contributed by atoms with Crippen LogP contribution in [0.2, 0.25) is 5.02 Å². The van der Waals surface area contributed by atoms with Gasteiger partial charge in [-0.3, -0.25) is 9.52 Å². The summed E-state index contributed by atoms with van der Waals surface area (Å²) in [6.45, 7) is 1.30. The fraction of sp³-hybridized carbons (Fsp3) is 0.316. The van der Waals surface area contributed by atoms with Crippen LogP contribution in [-0.2, 0) is 11.0 Å². The minimum atomic E-state index is -1.59. The van der Waals surface area contributed by atoms with Crippen molar-refractivity contribution >= 4 is 34.2 Å². The van der Waals surface area contributed by atoms with Crippen LogP contribution in [0.4, 0.5) is 10.1 Å². The predicted octanol–water partition coefficient (Wildman–Crippen LogP) is 3.55. The second-order valence-corrected chi connectivity index (χ2v) is 7.80. The van der Waals surface area contributed by atoms with Gasteiger partial charge in [0.05, 0.1) is 16.6 Å². The maximum absolute atomic E-state index is 14.3. The van der Waals surface area contributed by atoms with Gasteiger partial charge in [0.25, 0.3) is 5.91 Å². The van der Waals surface area contributed by atoms with E-state index in [4.69, 9.17) is 16.3 Å². The van der Waals surface area contributed by atoms with Crippen LogP contribution in [0.1, 0.15) is 23.2 Å². The molecule has 2 aromatic carbocycles. The predicted molar refractivity (Wildman–Crippen MR) is 105 cm³/mol. The molecule has 144 valence electrons. The maximum atomic E-state index is 14.3. The fourth-order valence-electron chi connectivity index (χ4n) is 3.15. The molecule has 0 aromatic heterocycles. The third-order valence-electron chi connectivity index (χ3n) is 4.40. The Bertz CT molecular complexity index is 850. The second-order valence-electron chi connectivity index (χ2n) is 6.28. The van der Waals surface area contributed by atoms with E-state index in [-0.39, 0.29) is 22.4 Å². The summed E-state index contributed by atoms with van der Waals surface area (Å²) in [4.78, 5) is 14.1. The summed E-state index contributed by atoms with van der Waals surface area (Å²) in [7, 11) is -1.59. The lowest BCUT2D eigenvalue weighted by atomic mass is 10.2. The quantitative estimate of drug-likeness (QED) is 0.791. The van der Waals surface area contributed by atoms with Gasteiger partial charge < -0.3 is 9.64 Å². The molecular formula is C19H20ClFN2O3S. The molecule has 1 saturated heterocycles. The molecule has 1 N–H and O–H groups in total. The fourth-order valence-corrected chi connectivity index (χ4v) is 3.74. The van der Waals surface area contributed by atoms with Gasteiger partial charge in [0, 0.05) is 24.6 Å². The van der Waals surface area contributed by atoms with Crippen LogP contribution < -0.4 is 14.4 Å². The Morgan fingerprint density at radius 2 is 2.11 bits per heavy atom. The number of nitrogens with zero attached hydrogens (tertiary/aromatic N) is 1. The Morgan fingerprint density at radius 3 is 2.81 bits per heavy atom. The zero-order chi connectivity index (χ0) is 19.4. The van der Waals surface area contributed by atoms with Crippen molar-refractivity contribution in [2.45, 2.75) is 18.9 Å². The molecule has 2 aromatic rings. The van der Waals surface area contributed by atoms with Gasteiger partial charge in [-0.2, -0.15) is 0 Å². The largest absolute Gasteiger partial charge is 0.490 e. The van der Waals surface area contributed by atoms with Crippen molar-refractivity contribution < 1.29 is 18.1 Å². The lowest BCUT2D eigenvalue weighted by Crippen LogP contribution is -2.34. The molecule has 0 saturated carbocycles. The minimum Gasteiger partial charge on any atom is -0.490 e. The number of para-hydroxylation sites is 1. The summed E-state index contributed by atoms with van der Waals surface area (Å²) in [6.07, 6.45) is 3.31. The molecular weight excluding hydrogens is 391 g/mol. The van der Waals surface area contributed by atoms with Gasteiger partial charge in [-0.25, -0.2) is 8.60 Å². The van der Waals surface area contributed by atoms with Crippen molar-refractivity contribution in [3.63, 3.8) is 0 Å². The first kappa shape index (κ1) is 19.6. The number of nitrogens with one attached hydrogen (secondary N) is 1. The van der Waals surface area contributed by atoms with Crippen LogP contribution in [0.15, 0.2) is 42.5 Å². The average molecular weight is 411 g/mol. The molecule has 1 heterocycles. The lowest BCUT2D eigenvalue weighted by Gasteiger charge is -2.27. The topological polar surface area (TPSA) is 58.6 Å². The van der Waals surface area contributed by atoms with Crippen molar-refractivity contribution in [1.29, 1.82) is 0 Å². The lowest BCUT2D eigenvalue weighted by molar-refractivity contribution is 0.0979. The molecule has 1 fully saturated rings.